The molecule has 0 saturated heterocycles. The van der Waals surface area contributed by atoms with Gasteiger partial charge in [0.2, 0.25) is 0 Å². The van der Waals surface area contributed by atoms with Gasteiger partial charge in [0.15, 0.2) is 6.61 Å². The van der Waals surface area contributed by atoms with Crippen LogP contribution in [-0.2, 0) is 9.63 Å². The quantitative estimate of drug-likeness (QED) is 0.442. The molecule has 2 rings (SSSR count). The Morgan fingerprint density at radius 1 is 1.20 bits per heavy atom. The van der Waals surface area contributed by atoms with Crippen LogP contribution in [-0.4, -0.2) is 32.4 Å². The van der Waals surface area contributed by atoms with E-state index >= 15 is 0 Å². The topological polar surface area (TPSA) is 69.2 Å². The van der Waals surface area contributed by atoms with Gasteiger partial charge in [0.25, 0.3) is 5.91 Å². The number of anilines is 1. The lowest BCUT2D eigenvalue weighted by Crippen LogP contribution is -2.14. The van der Waals surface area contributed by atoms with Crippen molar-refractivity contribution in [3.05, 3.63) is 53.1 Å². The molecule has 132 valence electrons. The molecule has 0 bridgehead atoms. The lowest BCUT2D eigenvalue weighted by Gasteiger charge is -2.08. The summed E-state index contributed by atoms with van der Waals surface area (Å²) in [4.78, 5) is 16.8. The van der Waals surface area contributed by atoms with Gasteiger partial charge in [0, 0.05) is 5.02 Å². The second-order valence-electron chi connectivity index (χ2n) is 5.06. The Hall–Kier alpha value is -2.73. The molecule has 0 saturated carbocycles. The molecule has 0 heterocycles. The fourth-order valence-electron chi connectivity index (χ4n) is 1.91. The fraction of sp³-hybridized carbons (Fsp3) is 0.222. The first-order valence-corrected chi connectivity index (χ1v) is 7.95. The Labute approximate surface area is 151 Å². The summed E-state index contributed by atoms with van der Waals surface area (Å²) >= 11 is 5.90. The predicted octanol–water partition coefficient (Wildman–Crippen LogP) is 3.68. The summed E-state index contributed by atoms with van der Waals surface area (Å²) in [5.74, 6) is 0.794. The molecule has 6 nitrogen and oxygen atoms in total. The van der Waals surface area contributed by atoms with E-state index in [2.05, 4.69) is 10.5 Å². The molecule has 0 radical (unpaired) electrons. The Kier molecular flexibility index (Phi) is 7.10. The minimum Gasteiger partial charge on any atom is -0.495 e. The maximum Gasteiger partial charge on any atom is 0.270 e. The zero-order valence-electron chi connectivity index (χ0n) is 14.0. The fourth-order valence-corrected chi connectivity index (χ4v) is 2.08. The average molecular weight is 363 g/mol. The van der Waals surface area contributed by atoms with Gasteiger partial charge in [-0.3, -0.25) is 4.79 Å². The van der Waals surface area contributed by atoms with Gasteiger partial charge < -0.3 is 19.6 Å². The average Bonchev–Trinajstić information content (AvgIpc) is 2.60. The highest BCUT2D eigenvalue weighted by Gasteiger charge is 2.06. The zero-order chi connectivity index (χ0) is 18.1. The number of aryl methyl sites for hydroxylation is 1. The Morgan fingerprint density at radius 3 is 2.68 bits per heavy atom. The van der Waals surface area contributed by atoms with E-state index in [1.165, 1.54) is 7.11 Å². The van der Waals surface area contributed by atoms with Crippen LogP contribution in [0.4, 0.5) is 5.69 Å². The van der Waals surface area contributed by atoms with Gasteiger partial charge in [-0.2, -0.15) is 0 Å². The van der Waals surface area contributed by atoms with Crippen LogP contribution in [0.3, 0.4) is 0 Å². The van der Waals surface area contributed by atoms with Crippen molar-refractivity contribution in [2.24, 2.45) is 5.16 Å². The molecule has 2 aromatic rings. The third kappa shape index (κ3) is 6.35. The third-order valence-electron chi connectivity index (χ3n) is 3.13. The first kappa shape index (κ1) is 18.6. The molecule has 7 heteroatoms. The van der Waals surface area contributed by atoms with Gasteiger partial charge in [-0.1, -0.05) is 34.5 Å². The van der Waals surface area contributed by atoms with Crippen LogP contribution in [0, 0.1) is 6.92 Å². The summed E-state index contributed by atoms with van der Waals surface area (Å²) in [6, 6.07) is 12.6. The minimum absolute atomic E-state index is 0.220. The number of nitrogens with one attached hydrogen (secondary N) is 1. The molecule has 0 aliphatic carbocycles. The number of amides is 1. The number of benzene rings is 2. The van der Waals surface area contributed by atoms with E-state index in [-0.39, 0.29) is 6.61 Å². The van der Waals surface area contributed by atoms with Gasteiger partial charge >= 0.3 is 0 Å². The first-order valence-electron chi connectivity index (χ1n) is 7.58. The van der Waals surface area contributed by atoms with Crippen molar-refractivity contribution in [3.8, 4) is 11.5 Å². The number of nitrogens with zero attached hydrogens (tertiary/aromatic N) is 1. The van der Waals surface area contributed by atoms with Gasteiger partial charge in [-0.05, 0) is 37.3 Å². The smallest absolute Gasteiger partial charge is 0.270 e. The van der Waals surface area contributed by atoms with Crippen LogP contribution in [0.2, 0.25) is 5.02 Å². The van der Waals surface area contributed by atoms with E-state index in [1.54, 1.807) is 18.2 Å². The molecule has 2 aromatic carbocycles. The van der Waals surface area contributed by atoms with Crippen molar-refractivity contribution >= 4 is 29.4 Å². The number of hydrogen-bond donors (Lipinski definition) is 1. The van der Waals surface area contributed by atoms with E-state index < -0.39 is 5.91 Å². The van der Waals surface area contributed by atoms with Gasteiger partial charge in [0.1, 0.15) is 24.3 Å². The van der Waals surface area contributed by atoms with Crippen LogP contribution in [0.1, 0.15) is 5.56 Å². The molecular formula is C18H19ClN2O4. The molecule has 0 atom stereocenters. The van der Waals surface area contributed by atoms with Crippen molar-refractivity contribution in [1.29, 1.82) is 0 Å². The summed E-state index contributed by atoms with van der Waals surface area (Å²) in [5.41, 5.74) is 1.62. The summed E-state index contributed by atoms with van der Waals surface area (Å²) < 4.78 is 10.6. The Bertz CT molecular complexity index is 732. The number of hydrogen-bond acceptors (Lipinski definition) is 5. The van der Waals surface area contributed by atoms with Crippen molar-refractivity contribution in [2.45, 2.75) is 6.92 Å². The monoisotopic (exact) mass is 362 g/mol. The number of carbonyl (C=O) groups excluding carboxylic acids is 1. The van der Waals surface area contributed by atoms with Crippen LogP contribution >= 0.6 is 11.6 Å². The van der Waals surface area contributed by atoms with E-state index in [0.717, 1.165) is 17.5 Å². The highest BCUT2D eigenvalue weighted by molar-refractivity contribution is 6.33. The molecule has 0 spiro atoms. The summed E-state index contributed by atoms with van der Waals surface area (Å²) in [5, 5.41) is 6.70. The molecule has 1 amide bonds. The number of carbonyl (C=O) groups is 1. The maximum atomic E-state index is 11.8. The number of methoxy groups -OCH3 is 1. The first-order chi connectivity index (χ1) is 12.1. The van der Waals surface area contributed by atoms with Crippen molar-refractivity contribution < 1.29 is 19.1 Å². The molecular weight excluding hydrogens is 344 g/mol. The third-order valence-corrected chi connectivity index (χ3v) is 3.36. The SMILES string of the molecule is COc1ccc(Cl)cc1NC(=O)/C=N/OCCOc1ccc(C)cc1. The van der Waals surface area contributed by atoms with E-state index in [1.807, 2.05) is 31.2 Å². The molecule has 25 heavy (non-hydrogen) atoms. The van der Waals surface area contributed by atoms with Crippen molar-refractivity contribution in [2.75, 3.05) is 25.6 Å². The lowest BCUT2D eigenvalue weighted by molar-refractivity contribution is -0.110. The van der Waals surface area contributed by atoms with Crippen LogP contribution < -0.4 is 14.8 Å². The van der Waals surface area contributed by atoms with Gasteiger partial charge in [-0.25, -0.2) is 0 Å². The maximum absolute atomic E-state index is 11.8. The predicted molar refractivity (Wildman–Crippen MR) is 97.8 cm³/mol. The Morgan fingerprint density at radius 2 is 1.96 bits per heavy atom. The highest BCUT2D eigenvalue weighted by atomic mass is 35.5. The van der Waals surface area contributed by atoms with Crippen molar-refractivity contribution in [3.63, 3.8) is 0 Å². The Balaban J connectivity index is 1.72. The number of halogens is 1. The molecule has 0 fully saturated rings. The second kappa shape index (κ2) is 9.54. The molecule has 0 unspecified atom stereocenters. The van der Waals surface area contributed by atoms with E-state index in [4.69, 9.17) is 25.9 Å². The van der Waals surface area contributed by atoms with E-state index in [0.29, 0.717) is 23.1 Å². The zero-order valence-corrected chi connectivity index (χ0v) is 14.7. The summed E-state index contributed by atoms with van der Waals surface area (Å²) in [7, 11) is 1.50. The van der Waals surface area contributed by atoms with Crippen LogP contribution in [0.5, 0.6) is 11.5 Å². The van der Waals surface area contributed by atoms with Crippen LogP contribution in [0.25, 0.3) is 0 Å². The molecule has 0 aliphatic heterocycles. The minimum atomic E-state index is -0.458. The number of ether oxygens (including phenoxy) is 2. The summed E-state index contributed by atoms with van der Waals surface area (Å²) in [6.45, 7) is 2.55. The van der Waals surface area contributed by atoms with Crippen LogP contribution in [0.15, 0.2) is 47.6 Å². The highest BCUT2D eigenvalue weighted by Crippen LogP contribution is 2.27. The second-order valence-corrected chi connectivity index (χ2v) is 5.50. The standard InChI is InChI=1S/C18H19ClN2O4/c1-13-3-6-15(7-4-13)24-9-10-25-20-12-18(22)21-16-11-14(19)5-8-17(16)23-2/h3-8,11-12H,9-10H2,1-2H3,(H,21,22)/b20-12+. The molecule has 0 aliphatic rings. The largest absolute Gasteiger partial charge is 0.495 e. The summed E-state index contributed by atoms with van der Waals surface area (Å²) in [6.07, 6.45) is 1.03. The number of rotatable bonds is 8. The normalized spacial score (nSPS) is 10.5. The lowest BCUT2D eigenvalue weighted by atomic mass is 10.2. The van der Waals surface area contributed by atoms with Gasteiger partial charge in [-0.15, -0.1) is 0 Å². The molecule has 1 N–H and O–H groups in total. The van der Waals surface area contributed by atoms with Gasteiger partial charge in [0.05, 0.1) is 12.8 Å². The number of oxime groups is 1. The van der Waals surface area contributed by atoms with Crippen molar-refractivity contribution in [1.82, 2.24) is 0 Å². The van der Waals surface area contributed by atoms with E-state index in [9.17, 15) is 4.79 Å². The molecule has 0 aromatic heterocycles.